The second kappa shape index (κ2) is 9.24. The Bertz CT molecular complexity index is 601. The van der Waals surface area contributed by atoms with Crippen LogP contribution in [0.2, 0.25) is 0 Å². The van der Waals surface area contributed by atoms with Crippen molar-refractivity contribution in [3.05, 3.63) is 41.5 Å². The molecule has 0 aliphatic rings. The lowest BCUT2D eigenvalue weighted by molar-refractivity contribution is 0.541. The summed E-state index contributed by atoms with van der Waals surface area (Å²) < 4.78 is 28.3. The fourth-order valence-electron chi connectivity index (χ4n) is 2.67. The Morgan fingerprint density at radius 1 is 1.13 bits per heavy atom. The third kappa shape index (κ3) is 6.48. The molecule has 130 valence electrons. The van der Waals surface area contributed by atoms with E-state index in [9.17, 15) is 8.42 Å². The maximum atomic E-state index is 12.7. The average Bonchev–Trinajstić information content (AvgIpc) is 2.46. The lowest BCUT2D eigenvalue weighted by atomic mass is 9.96. The minimum atomic E-state index is -3.49. The average molecular weight is 338 g/mol. The van der Waals surface area contributed by atoms with Gasteiger partial charge < -0.3 is 0 Å². The fraction of sp³-hybridized carbons (Fsp3) is 0.579. The van der Waals surface area contributed by atoms with E-state index in [1.165, 1.54) is 5.57 Å². The molecule has 0 amide bonds. The number of allylic oxidation sites excluding steroid dienone is 1. The van der Waals surface area contributed by atoms with E-state index >= 15 is 0 Å². The summed E-state index contributed by atoms with van der Waals surface area (Å²) in [5.74, 6) is 0.416. The zero-order chi connectivity index (χ0) is 17.5. The van der Waals surface area contributed by atoms with Crippen molar-refractivity contribution in [3.8, 4) is 0 Å². The number of aryl methyl sites for hydroxylation is 1. The van der Waals surface area contributed by atoms with E-state index in [0.717, 1.165) is 31.2 Å². The van der Waals surface area contributed by atoms with Gasteiger partial charge in [-0.3, -0.25) is 0 Å². The van der Waals surface area contributed by atoms with Crippen LogP contribution >= 0.6 is 0 Å². The second-order valence-electron chi connectivity index (χ2n) is 6.51. The lowest BCUT2D eigenvalue weighted by Crippen LogP contribution is -2.36. The summed E-state index contributed by atoms with van der Waals surface area (Å²) in [6.45, 7) is 10.4. The Kier molecular flexibility index (Phi) is 8.00. The van der Waals surface area contributed by atoms with Gasteiger partial charge in [0, 0.05) is 6.04 Å². The maximum Gasteiger partial charge on any atom is 0.241 e. The first-order valence-corrected chi connectivity index (χ1v) is 10.1. The molecule has 0 saturated heterocycles. The molecule has 1 aromatic rings. The smallest absolute Gasteiger partial charge is 0.207 e. The highest BCUT2D eigenvalue weighted by molar-refractivity contribution is 7.89. The van der Waals surface area contributed by atoms with Crippen LogP contribution in [0.5, 0.6) is 0 Å². The number of hydrogen-bond donors (Lipinski definition) is 1. The predicted molar refractivity (Wildman–Crippen MR) is 98.0 cm³/mol. The third-order valence-corrected chi connectivity index (χ3v) is 5.23. The predicted octanol–water partition coefficient (Wildman–Crippen LogP) is 4.82. The summed E-state index contributed by atoms with van der Waals surface area (Å²) in [5, 5.41) is 0. The molecule has 0 aromatic heterocycles. The minimum Gasteiger partial charge on any atom is -0.207 e. The summed E-state index contributed by atoms with van der Waals surface area (Å²) in [6, 6.07) is 6.90. The van der Waals surface area contributed by atoms with Gasteiger partial charge in [-0.05, 0) is 37.8 Å². The van der Waals surface area contributed by atoms with Gasteiger partial charge in [0.1, 0.15) is 0 Å². The summed E-state index contributed by atoms with van der Waals surface area (Å²) in [5.41, 5.74) is 2.26. The van der Waals surface area contributed by atoms with Crippen LogP contribution in [0.1, 0.15) is 58.9 Å². The molecular formula is C19H31NO2S. The molecular weight excluding hydrogens is 306 g/mol. The zero-order valence-electron chi connectivity index (χ0n) is 15.1. The number of sulfonamides is 1. The standard InChI is InChI=1S/C19H31NO2S/c1-6-8-17(14-15(3)4)19(9-7-2)20-23(21,22)18-12-10-16(5)11-13-18/h10-15,19-20H,6-9H2,1-5H3/b17-14+. The molecule has 0 saturated carbocycles. The molecule has 0 aliphatic carbocycles. The minimum absolute atomic E-state index is 0.117. The molecule has 1 N–H and O–H groups in total. The summed E-state index contributed by atoms with van der Waals surface area (Å²) in [7, 11) is -3.49. The van der Waals surface area contributed by atoms with Gasteiger partial charge in [0.25, 0.3) is 0 Å². The highest BCUT2D eigenvalue weighted by Gasteiger charge is 2.22. The Balaban J connectivity index is 3.07. The molecule has 0 fully saturated rings. The fourth-order valence-corrected chi connectivity index (χ4v) is 3.95. The summed E-state index contributed by atoms with van der Waals surface area (Å²) in [4.78, 5) is 0.338. The van der Waals surface area contributed by atoms with Crippen molar-refractivity contribution in [1.29, 1.82) is 0 Å². The molecule has 0 spiro atoms. The molecule has 1 atom stereocenters. The summed E-state index contributed by atoms with van der Waals surface area (Å²) in [6.07, 6.45) is 5.93. The van der Waals surface area contributed by atoms with Crippen molar-refractivity contribution in [2.45, 2.75) is 71.2 Å². The topological polar surface area (TPSA) is 46.2 Å². The zero-order valence-corrected chi connectivity index (χ0v) is 15.9. The first-order chi connectivity index (χ1) is 10.8. The van der Waals surface area contributed by atoms with E-state index in [-0.39, 0.29) is 6.04 Å². The largest absolute Gasteiger partial charge is 0.241 e. The van der Waals surface area contributed by atoms with Gasteiger partial charge in [0.05, 0.1) is 4.90 Å². The van der Waals surface area contributed by atoms with Crippen LogP contribution in [-0.4, -0.2) is 14.5 Å². The Morgan fingerprint density at radius 3 is 2.22 bits per heavy atom. The van der Waals surface area contributed by atoms with Crippen LogP contribution in [0, 0.1) is 12.8 Å². The van der Waals surface area contributed by atoms with Crippen LogP contribution in [0.15, 0.2) is 40.8 Å². The lowest BCUT2D eigenvalue weighted by Gasteiger charge is -2.22. The molecule has 0 bridgehead atoms. The molecule has 0 heterocycles. The van der Waals surface area contributed by atoms with Crippen LogP contribution in [0.4, 0.5) is 0 Å². The monoisotopic (exact) mass is 337 g/mol. The Hall–Kier alpha value is -1.13. The van der Waals surface area contributed by atoms with Gasteiger partial charge >= 0.3 is 0 Å². The van der Waals surface area contributed by atoms with Crippen molar-refractivity contribution in [2.24, 2.45) is 5.92 Å². The van der Waals surface area contributed by atoms with E-state index in [0.29, 0.717) is 10.8 Å². The van der Waals surface area contributed by atoms with Crippen molar-refractivity contribution in [2.75, 3.05) is 0 Å². The Morgan fingerprint density at radius 2 is 1.74 bits per heavy atom. The van der Waals surface area contributed by atoms with Gasteiger partial charge in [0.15, 0.2) is 0 Å². The molecule has 0 aliphatic heterocycles. The molecule has 1 unspecified atom stereocenters. The molecule has 23 heavy (non-hydrogen) atoms. The van der Waals surface area contributed by atoms with E-state index in [4.69, 9.17) is 0 Å². The van der Waals surface area contributed by atoms with Crippen molar-refractivity contribution >= 4 is 10.0 Å². The van der Waals surface area contributed by atoms with Gasteiger partial charge in [-0.25, -0.2) is 13.1 Å². The SMILES string of the molecule is CCC/C(=C\C(C)C)C(CCC)NS(=O)(=O)c1ccc(C)cc1. The van der Waals surface area contributed by atoms with E-state index in [2.05, 4.69) is 38.5 Å². The maximum absolute atomic E-state index is 12.7. The van der Waals surface area contributed by atoms with Crippen molar-refractivity contribution < 1.29 is 8.42 Å². The van der Waals surface area contributed by atoms with E-state index < -0.39 is 10.0 Å². The quantitative estimate of drug-likeness (QED) is 0.656. The van der Waals surface area contributed by atoms with Crippen molar-refractivity contribution in [3.63, 3.8) is 0 Å². The Labute approximate surface area is 142 Å². The van der Waals surface area contributed by atoms with Crippen LogP contribution in [-0.2, 0) is 10.0 Å². The molecule has 4 heteroatoms. The number of rotatable bonds is 9. The molecule has 1 aromatic carbocycles. The van der Waals surface area contributed by atoms with Gasteiger partial charge in [0.2, 0.25) is 10.0 Å². The first-order valence-electron chi connectivity index (χ1n) is 8.59. The normalized spacial score (nSPS) is 14.3. The number of benzene rings is 1. The van der Waals surface area contributed by atoms with Gasteiger partial charge in [-0.15, -0.1) is 0 Å². The summed E-state index contributed by atoms with van der Waals surface area (Å²) >= 11 is 0. The number of hydrogen-bond acceptors (Lipinski definition) is 2. The second-order valence-corrected chi connectivity index (χ2v) is 8.23. The van der Waals surface area contributed by atoms with Gasteiger partial charge in [-0.1, -0.05) is 69.9 Å². The molecule has 1 rings (SSSR count). The highest BCUT2D eigenvalue weighted by atomic mass is 32.2. The van der Waals surface area contributed by atoms with E-state index in [1.807, 2.05) is 19.1 Å². The van der Waals surface area contributed by atoms with Gasteiger partial charge in [-0.2, -0.15) is 0 Å². The first kappa shape index (κ1) is 19.9. The van der Waals surface area contributed by atoms with Crippen LogP contribution < -0.4 is 4.72 Å². The molecule has 0 radical (unpaired) electrons. The molecule has 3 nitrogen and oxygen atoms in total. The third-order valence-electron chi connectivity index (χ3n) is 3.74. The number of nitrogens with one attached hydrogen (secondary N) is 1. The van der Waals surface area contributed by atoms with Crippen LogP contribution in [0.25, 0.3) is 0 Å². The van der Waals surface area contributed by atoms with Crippen LogP contribution in [0.3, 0.4) is 0 Å². The highest BCUT2D eigenvalue weighted by Crippen LogP contribution is 2.20. The van der Waals surface area contributed by atoms with E-state index in [1.54, 1.807) is 12.1 Å². The van der Waals surface area contributed by atoms with Crippen molar-refractivity contribution in [1.82, 2.24) is 4.72 Å².